The van der Waals surface area contributed by atoms with E-state index in [0.717, 1.165) is 6.08 Å². The van der Waals surface area contributed by atoms with Crippen LogP contribution in [0.4, 0.5) is 17.1 Å². The molecule has 0 saturated carbocycles. The number of carboxylic acids is 1. The van der Waals surface area contributed by atoms with E-state index in [9.17, 15) is 40.2 Å². The third kappa shape index (κ3) is 9.43. The van der Waals surface area contributed by atoms with E-state index in [2.05, 4.69) is 10.2 Å². The summed E-state index contributed by atoms with van der Waals surface area (Å²) in [7, 11) is 5.55. The number of non-ortho nitro benzene ring substituents is 1. The number of likely N-dealkylation sites (N-methyl/N-ethyl adjacent to an activating group) is 1. The SMILES string of the molecule is C[N+](C)(C)CCOc1c([N+](=O)[O-])cc([N+](=O)[O-])cc1[N+](=O)[O-].O=C([O-])C=Cc1cccnn1. The Hall–Kier alpha value is -4.53. The van der Waals surface area contributed by atoms with Gasteiger partial charge in [-0.25, -0.2) is 0 Å². The summed E-state index contributed by atoms with van der Waals surface area (Å²) in [5.41, 5.74) is -1.85. The summed E-state index contributed by atoms with van der Waals surface area (Å²) in [4.78, 5) is 39.8. The number of nitro benzene ring substituents is 3. The topological polar surface area (TPSA) is 205 Å². The van der Waals surface area contributed by atoms with Gasteiger partial charge < -0.3 is 19.1 Å². The zero-order chi connectivity index (χ0) is 25.2. The number of rotatable bonds is 9. The first kappa shape index (κ1) is 26.5. The first-order valence-corrected chi connectivity index (χ1v) is 9.03. The fourth-order valence-corrected chi connectivity index (χ4v) is 2.09. The van der Waals surface area contributed by atoms with Gasteiger partial charge >= 0.3 is 11.4 Å². The Morgan fingerprint density at radius 3 is 2.03 bits per heavy atom. The number of carbonyl (C=O) groups excluding carboxylic acids is 1. The lowest BCUT2D eigenvalue weighted by Crippen LogP contribution is -2.38. The highest BCUT2D eigenvalue weighted by molar-refractivity contribution is 5.83. The minimum Gasteiger partial charge on any atom is -0.545 e. The van der Waals surface area contributed by atoms with Crippen molar-refractivity contribution in [2.45, 2.75) is 0 Å². The quantitative estimate of drug-likeness (QED) is 0.219. The summed E-state index contributed by atoms with van der Waals surface area (Å²) < 4.78 is 5.66. The monoisotopic (exact) mass is 464 g/mol. The number of aliphatic carboxylic acids is 1. The molecule has 0 saturated heterocycles. The van der Waals surface area contributed by atoms with Gasteiger partial charge in [-0.15, -0.1) is 0 Å². The van der Waals surface area contributed by atoms with E-state index >= 15 is 0 Å². The molecule has 1 aromatic carbocycles. The molecule has 33 heavy (non-hydrogen) atoms. The van der Waals surface area contributed by atoms with Gasteiger partial charge in [-0.1, -0.05) is 0 Å². The van der Waals surface area contributed by atoms with Crippen LogP contribution in [0.3, 0.4) is 0 Å². The molecule has 0 bridgehead atoms. The molecule has 2 aromatic rings. The van der Waals surface area contributed by atoms with Gasteiger partial charge in [0.05, 0.1) is 59.7 Å². The predicted molar refractivity (Wildman–Crippen MR) is 111 cm³/mol. The smallest absolute Gasteiger partial charge is 0.325 e. The Morgan fingerprint density at radius 2 is 1.64 bits per heavy atom. The van der Waals surface area contributed by atoms with Crippen LogP contribution in [0, 0.1) is 30.3 Å². The van der Waals surface area contributed by atoms with E-state index in [1.807, 2.05) is 21.1 Å². The van der Waals surface area contributed by atoms with Gasteiger partial charge in [0, 0.05) is 6.20 Å². The molecular weight excluding hydrogens is 444 g/mol. The largest absolute Gasteiger partial charge is 0.545 e. The van der Waals surface area contributed by atoms with Gasteiger partial charge in [-0.05, 0) is 24.3 Å². The maximum Gasteiger partial charge on any atom is 0.325 e. The summed E-state index contributed by atoms with van der Waals surface area (Å²) in [5, 5.41) is 49.8. The summed E-state index contributed by atoms with van der Waals surface area (Å²) in [6.07, 6.45) is 3.74. The third-order valence-electron chi connectivity index (χ3n) is 3.63. The molecule has 15 heteroatoms. The van der Waals surface area contributed by atoms with E-state index in [0.29, 0.717) is 28.9 Å². The van der Waals surface area contributed by atoms with E-state index in [1.54, 1.807) is 12.1 Å². The molecular formula is C18H20N6O9. The van der Waals surface area contributed by atoms with Gasteiger partial charge in [-0.3, -0.25) is 30.3 Å². The van der Waals surface area contributed by atoms with Gasteiger partial charge in [0.2, 0.25) is 0 Å². The molecule has 0 aliphatic heterocycles. The third-order valence-corrected chi connectivity index (χ3v) is 3.63. The van der Waals surface area contributed by atoms with Crippen LogP contribution >= 0.6 is 0 Å². The Balaban J connectivity index is 0.000000412. The maximum absolute atomic E-state index is 11.0. The van der Waals surface area contributed by atoms with E-state index in [4.69, 9.17) is 4.74 Å². The molecule has 0 amide bonds. The minimum absolute atomic E-state index is 0.0109. The summed E-state index contributed by atoms with van der Waals surface area (Å²) >= 11 is 0. The first-order valence-electron chi connectivity index (χ1n) is 9.03. The molecule has 1 heterocycles. The minimum atomic E-state index is -1.24. The Labute approximate surface area is 186 Å². The number of aromatic nitrogens is 2. The zero-order valence-corrected chi connectivity index (χ0v) is 17.8. The molecule has 2 rings (SSSR count). The van der Waals surface area contributed by atoms with Crippen molar-refractivity contribution in [3.8, 4) is 5.75 Å². The molecule has 0 spiro atoms. The van der Waals surface area contributed by atoms with Gasteiger partial charge in [0.1, 0.15) is 13.2 Å². The highest BCUT2D eigenvalue weighted by atomic mass is 16.6. The Bertz CT molecular complexity index is 1020. The molecule has 0 unspecified atom stereocenters. The highest BCUT2D eigenvalue weighted by Crippen LogP contribution is 2.40. The second-order valence-electron chi connectivity index (χ2n) is 7.25. The number of benzene rings is 1. The van der Waals surface area contributed by atoms with Crippen LogP contribution in [0.15, 0.2) is 36.5 Å². The molecule has 0 aliphatic rings. The number of carbonyl (C=O) groups is 1. The van der Waals surface area contributed by atoms with Crippen molar-refractivity contribution in [1.29, 1.82) is 0 Å². The van der Waals surface area contributed by atoms with Crippen molar-refractivity contribution < 1.29 is 33.9 Å². The molecule has 0 atom stereocenters. The van der Waals surface area contributed by atoms with Gasteiger partial charge in [0.25, 0.3) is 11.4 Å². The van der Waals surface area contributed by atoms with Crippen molar-refractivity contribution >= 4 is 29.1 Å². The van der Waals surface area contributed by atoms with Crippen LogP contribution in [0.2, 0.25) is 0 Å². The number of ether oxygens (including phenoxy) is 1. The van der Waals surface area contributed by atoms with Crippen molar-refractivity contribution in [3.63, 3.8) is 0 Å². The molecule has 0 N–H and O–H groups in total. The second-order valence-corrected chi connectivity index (χ2v) is 7.25. The van der Waals surface area contributed by atoms with Crippen molar-refractivity contribution in [2.75, 3.05) is 34.3 Å². The van der Waals surface area contributed by atoms with Crippen LogP contribution in [0.25, 0.3) is 6.08 Å². The van der Waals surface area contributed by atoms with Crippen LogP contribution in [0.5, 0.6) is 5.75 Å². The van der Waals surface area contributed by atoms with E-state index in [1.165, 1.54) is 12.3 Å². The van der Waals surface area contributed by atoms with E-state index in [-0.39, 0.29) is 6.61 Å². The second kappa shape index (κ2) is 11.8. The number of nitro groups is 3. The fourth-order valence-electron chi connectivity index (χ4n) is 2.09. The summed E-state index contributed by atoms with van der Waals surface area (Å²) in [5.74, 6) is -1.82. The lowest BCUT2D eigenvalue weighted by molar-refractivity contribution is -0.870. The Kier molecular flexibility index (Phi) is 9.44. The average molecular weight is 464 g/mol. The van der Waals surface area contributed by atoms with Crippen molar-refractivity contribution in [1.82, 2.24) is 10.2 Å². The highest BCUT2D eigenvalue weighted by Gasteiger charge is 2.32. The first-order chi connectivity index (χ1) is 15.3. The summed E-state index contributed by atoms with van der Waals surface area (Å²) in [6, 6.07) is 4.61. The van der Waals surface area contributed by atoms with E-state index < -0.39 is 43.6 Å². The fraction of sp³-hybridized carbons (Fsp3) is 0.278. The number of nitrogens with zero attached hydrogens (tertiary/aromatic N) is 6. The van der Waals surface area contributed by atoms with Crippen LogP contribution in [0.1, 0.15) is 5.69 Å². The van der Waals surface area contributed by atoms with Crippen LogP contribution in [-0.2, 0) is 4.79 Å². The van der Waals surface area contributed by atoms with Gasteiger partial charge in [0.15, 0.2) is 0 Å². The Morgan fingerprint density at radius 1 is 1.06 bits per heavy atom. The molecule has 0 aliphatic carbocycles. The zero-order valence-electron chi connectivity index (χ0n) is 17.8. The maximum atomic E-state index is 11.0. The standard InChI is InChI=1S/C11H15N4O7.C7H6N2O2/c1-15(2,3)4-5-22-11-9(13(18)19)6-8(12(16)17)7-10(11)14(20)21;10-7(11)4-3-6-2-1-5-8-9-6/h6-7H,4-5H2,1-3H3;1-5H,(H,10,11)/q+1;/p-1. The van der Waals surface area contributed by atoms with Crippen molar-refractivity contribution in [3.05, 3.63) is 72.6 Å². The molecule has 0 radical (unpaired) electrons. The average Bonchev–Trinajstić information content (AvgIpc) is 2.72. The number of carboxylic acid groups (broad SMARTS) is 1. The predicted octanol–water partition coefficient (Wildman–Crippen LogP) is 0.736. The normalized spacial score (nSPS) is 10.8. The van der Waals surface area contributed by atoms with Crippen LogP contribution in [-0.4, -0.2) is 69.7 Å². The molecule has 15 nitrogen and oxygen atoms in total. The molecule has 0 fully saturated rings. The number of hydrogen-bond donors (Lipinski definition) is 0. The molecule has 176 valence electrons. The van der Waals surface area contributed by atoms with Crippen LogP contribution < -0.4 is 9.84 Å². The number of quaternary nitrogens is 1. The molecule has 1 aromatic heterocycles. The number of hydrogen-bond acceptors (Lipinski definition) is 11. The lowest BCUT2D eigenvalue weighted by atomic mass is 10.2. The van der Waals surface area contributed by atoms with Gasteiger partial charge in [-0.2, -0.15) is 10.2 Å². The lowest BCUT2D eigenvalue weighted by Gasteiger charge is -2.23. The van der Waals surface area contributed by atoms with Crippen molar-refractivity contribution in [2.24, 2.45) is 0 Å². The summed E-state index contributed by atoms with van der Waals surface area (Å²) in [6.45, 7) is 0.425.